The zero-order valence-electron chi connectivity index (χ0n) is 24.7. The first-order chi connectivity index (χ1) is 22.3. The van der Waals surface area contributed by atoms with Crippen LogP contribution in [0.25, 0.3) is 65.0 Å². The number of hydrogen-bond acceptors (Lipinski definition) is 1. The smallest absolute Gasteiger partial charge is 0.0546 e. The Balaban J connectivity index is 1.37. The molecule has 0 atom stereocenters. The summed E-state index contributed by atoms with van der Waals surface area (Å²) in [4.78, 5) is 2.45. The maximum atomic E-state index is 2.45. The lowest BCUT2D eigenvalue weighted by molar-refractivity contribution is 1.31. The maximum Gasteiger partial charge on any atom is 0.0546 e. The summed E-state index contributed by atoms with van der Waals surface area (Å²) in [5, 5.41) is 12.6. The summed E-state index contributed by atoms with van der Waals surface area (Å²) in [5.41, 5.74) is 5.83. The van der Waals surface area contributed by atoms with E-state index in [1.165, 1.54) is 70.7 Å². The quantitative estimate of drug-likeness (QED) is 0.190. The number of rotatable bonds is 4. The molecule has 0 radical (unpaired) electrons. The molecule has 9 rings (SSSR count). The molecular formula is C44H29N. The number of nitrogens with zero attached hydrogens (tertiary/aromatic N) is 1. The first kappa shape index (κ1) is 25.6. The Morgan fingerprint density at radius 1 is 0.267 bits per heavy atom. The summed E-state index contributed by atoms with van der Waals surface area (Å²) >= 11 is 0. The number of anilines is 3. The fraction of sp³-hybridized carbons (Fsp3) is 0. The van der Waals surface area contributed by atoms with Gasteiger partial charge in [0.1, 0.15) is 0 Å². The van der Waals surface area contributed by atoms with E-state index in [0.29, 0.717) is 0 Å². The van der Waals surface area contributed by atoms with Gasteiger partial charge in [-0.1, -0.05) is 146 Å². The highest BCUT2D eigenvalue weighted by Crippen LogP contribution is 2.45. The standard InChI is InChI=1S/C44H29N/c1-2-13-30(14-3-1)31-16-12-17-33(27-31)45(44-28-32-15-4-5-18-35(32)36-19-10-11-24-42(36)44)34-25-26-41-39-22-7-6-20-37(39)38-21-8-9-23-40(38)43(41)29-34/h1-29H. The van der Waals surface area contributed by atoms with Crippen molar-refractivity contribution in [3.8, 4) is 11.1 Å². The molecule has 0 aromatic heterocycles. The summed E-state index contributed by atoms with van der Waals surface area (Å²) in [7, 11) is 0. The second-order valence-corrected chi connectivity index (χ2v) is 11.7. The van der Waals surface area contributed by atoms with Gasteiger partial charge in [-0.15, -0.1) is 0 Å². The Bertz CT molecular complexity index is 2510. The number of fused-ring (bicyclic) bond motifs is 9. The van der Waals surface area contributed by atoms with Crippen LogP contribution < -0.4 is 4.90 Å². The zero-order chi connectivity index (χ0) is 29.7. The van der Waals surface area contributed by atoms with Crippen molar-refractivity contribution in [3.63, 3.8) is 0 Å². The van der Waals surface area contributed by atoms with Crippen molar-refractivity contribution in [2.45, 2.75) is 0 Å². The molecule has 0 bridgehead atoms. The number of hydrogen-bond donors (Lipinski definition) is 0. The molecule has 210 valence electrons. The molecular weight excluding hydrogens is 542 g/mol. The van der Waals surface area contributed by atoms with Crippen molar-refractivity contribution in [2.75, 3.05) is 4.90 Å². The third kappa shape index (κ3) is 4.17. The highest BCUT2D eigenvalue weighted by atomic mass is 15.1. The van der Waals surface area contributed by atoms with Gasteiger partial charge < -0.3 is 4.90 Å². The van der Waals surface area contributed by atoms with Crippen molar-refractivity contribution in [2.24, 2.45) is 0 Å². The molecule has 0 fully saturated rings. The van der Waals surface area contributed by atoms with Gasteiger partial charge in [-0.05, 0) is 89.9 Å². The molecule has 1 nitrogen and oxygen atoms in total. The summed E-state index contributed by atoms with van der Waals surface area (Å²) in [6.07, 6.45) is 0. The normalized spacial score (nSPS) is 11.6. The van der Waals surface area contributed by atoms with Crippen LogP contribution in [-0.2, 0) is 0 Å². The largest absolute Gasteiger partial charge is 0.310 e. The molecule has 0 saturated carbocycles. The van der Waals surface area contributed by atoms with E-state index in [-0.39, 0.29) is 0 Å². The fourth-order valence-corrected chi connectivity index (χ4v) is 7.14. The second-order valence-electron chi connectivity index (χ2n) is 11.7. The Hall–Kier alpha value is -5.92. The van der Waals surface area contributed by atoms with Crippen molar-refractivity contribution >= 4 is 70.9 Å². The molecule has 1 heteroatoms. The molecule has 0 spiro atoms. The van der Waals surface area contributed by atoms with Gasteiger partial charge in [-0.25, -0.2) is 0 Å². The molecule has 9 aromatic rings. The molecule has 0 heterocycles. The van der Waals surface area contributed by atoms with Crippen LogP contribution in [0.2, 0.25) is 0 Å². The molecule has 0 amide bonds. The van der Waals surface area contributed by atoms with Gasteiger partial charge in [-0.2, -0.15) is 0 Å². The van der Waals surface area contributed by atoms with Gasteiger partial charge >= 0.3 is 0 Å². The first-order valence-corrected chi connectivity index (χ1v) is 15.5. The summed E-state index contributed by atoms with van der Waals surface area (Å²) in [5.74, 6) is 0. The van der Waals surface area contributed by atoms with Crippen LogP contribution in [-0.4, -0.2) is 0 Å². The lowest BCUT2D eigenvalue weighted by atomic mass is 9.93. The van der Waals surface area contributed by atoms with Crippen LogP contribution in [0.1, 0.15) is 0 Å². The average Bonchev–Trinajstić information content (AvgIpc) is 3.12. The summed E-state index contributed by atoms with van der Waals surface area (Å²) in [6, 6.07) is 64.1. The van der Waals surface area contributed by atoms with Crippen LogP contribution in [0.5, 0.6) is 0 Å². The second kappa shape index (κ2) is 10.4. The Morgan fingerprint density at radius 3 is 1.44 bits per heavy atom. The summed E-state index contributed by atoms with van der Waals surface area (Å²) < 4.78 is 0. The molecule has 9 aromatic carbocycles. The van der Waals surface area contributed by atoms with E-state index in [0.717, 1.165) is 11.4 Å². The Labute approximate surface area is 262 Å². The van der Waals surface area contributed by atoms with E-state index in [9.17, 15) is 0 Å². The minimum absolute atomic E-state index is 1.13. The van der Waals surface area contributed by atoms with Crippen LogP contribution in [0.15, 0.2) is 176 Å². The molecule has 0 saturated heterocycles. The van der Waals surface area contributed by atoms with Crippen LogP contribution in [0.4, 0.5) is 17.1 Å². The fourth-order valence-electron chi connectivity index (χ4n) is 7.14. The Kier molecular flexibility index (Phi) is 5.89. The van der Waals surface area contributed by atoms with Crippen LogP contribution in [0.3, 0.4) is 0 Å². The van der Waals surface area contributed by atoms with Gasteiger partial charge in [0.2, 0.25) is 0 Å². The zero-order valence-corrected chi connectivity index (χ0v) is 24.7. The van der Waals surface area contributed by atoms with E-state index in [4.69, 9.17) is 0 Å². The van der Waals surface area contributed by atoms with Gasteiger partial charge in [0.15, 0.2) is 0 Å². The van der Waals surface area contributed by atoms with Gasteiger partial charge in [-0.3, -0.25) is 0 Å². The first-order valence-electron chi connectivity index (χ1n) is 15.5. The van der Waals surface area contributed by atoms with E-state index in [1.54, 1.807) is 0 Å². The topological polar surface area (TPSA) is 3.24 Å². The third-order valence-corrected chi connectivity index (χ3v) is 9.18. The maximum absolute atomic E-state index is 2.45. The van der Waals surface area contributed by atoms with E-state index >= 15 is 0 Å². The molecule has 0 aliphatic carbocycles. The van der Waals surface area contributed by atoms with Crippen molar-refractivity contribution in [1.82, 2.24) is 0 Å². The molecule has 0 unspecified atom stereocenters. The molecule has 45 heavy (non-hydrogen) atoms. The van der Waals surface area contributed by atoms with Crippen molar-refractivity contribution < 1.29 is 0 Å². The van der Waals surface area contributed by atoms with E-state index in [2.05, 4.69) is 181 Å². The predicted octanol–water partition coefficient (Wildman–Crippen LogP) is 12.6. The van der Waals surface area contributed by atoms with E-state index in [1.807, 2.05) is 0 Å². The minimum Gasteiger partial charge on any atom is -0.310 e. The molecule has 0 aliphatic rings. The monoisotopic (exact) mass is 571 g/mol. The van der Waals surface area contributed by atoms with Crippen LogP contribution >= 0.6 is 0 Å². The van der Waals surface area contributed by atoms with Crippen molar-refractivity contribution in [1.29, 1.82) is 0 Å². The minimum atomic E-state index is 1.13. The SMILES string of the molecule is c1ccc(-c2cccc(N(c3ccc4c5ccccc5c5ccccc5c4c3)c3cc4ccccc4c4ccccc34)c2)cc1. The van der Waals surface area contributed by atoms with Crippen molar-refractivity contribution in [3.05, 3.63) is 176 Å². The molecule has 0 N–H and O–H groups in total. The average molecular weight is 572 g/mol. The third-order valence-electron chi connectivity index (χ3n) is 9.18. The lowest BCUT2D eigenvalue weighted by Gasteiger charge is -2.28. The predicted molar refractivity (Wildman–Crippen MR) is 194 cm³/mol. The highest BCUT2D eigenvalue weighted by Gasteiger charge is 2.19. The summed E-state index contributed by atoms with van der Waals surface area (Å²) in [6.45, 7) is 0. The van der Waals surface area contributed by atoms with Gasteiger partial charge in [0.05, 0.1) is 5.69 Å². The van der Waals surface area contributed by atoms with Crippen LogP contribution in [0, 0.1) is 0 Å². The number of benzene rings is 9. The van der Waals surface area contributed by atoms with Gasteiger partial charge in [0.25, 0.3) is 0 Å². The van der Waals surface area contributed by atoms with Gasteiger partial charge in [0, 0.05) is 16.8 Å². The highest BCUT2D eigenvalue weighted by molar-refractivity contribution is 6.26. The Morgan fingerprint density at radius 2 is 0.756 bits per heavy atom. The lowest BCUT2D eigenvalue weighted by Crippen LogP contribution is -2.11. The molecule has 0 aliphatic heterocycles. The van der Waals surface area contributed by atoms with E-state index < -0.39 is 0 Å².